The van der Waals surface area contributed by atoms with Crippen molar-refractivity contribution >= 4 is 28.2 Å². The van der Waals surface area contributed by atoms with E-state index in [1.165, 1.54) is 6.07 Å². The zero-order valence-corrected chi connectivity index (χ0v) is 20.5. The smallest absolute Gasteiger partial charge is 0.214 e. The molecule has 5 nitrogen and oxygen atoms in total. The molecule has 0 aromatic heterocycles. The van der Waals surface area contributed by atoms with E-state index in [-0.39, 0.29) is 30.1 Å². The molecule has 2 aliphatic rings. The first kappa shape index (κ1) is 27.2. The van der Waals surface area contributed by atoms with Crippen molar-refractivity contribution in [3.8, 4) is 0 Å². The molecule has 0 spiro atoms. The summed E-state index contributed by atoms with van der Waals surface area (Å²) in [5, 5.41) is 0. The average Bonchev–Trinajstić information content (AvgIpc) is 2.99. The number of rotatable bonds is 8. The lowest BCUT2D eigenvalue weighted by Gasteiger charge is -2.48. The number of carbonyl (C=O) groups excluding carboxylic acids is 1. The lowest BCUT2D eigenvalue weighted by molar-refractivity contribution is 0.0319. The van der Waals surface area contributed by atoms with E-state index in [4.69, 9.17) is 0 Å². The van der Waals surface area contributed by atoms with Crippen LogP contribution in [-0.4, -0.2) is 60.9 Å². The highest BCUT2D eigenvalue weighted by molar-refractivity contribution is 7.89. The van der Waals surface area contributed by atoms with Gasteiger partial charge >= 0.3 is 0 Å². The number of ketones is 1. The molecule has 2 fully saturated rings. The van der Waals surface area contributed by atoms with Crippen LogP contribution in [0.5, 0.6) is 0 Å². The van der Waals surface area contributed by atoms with Crippen molar-refractivity contribution in [1.82, 2.24) is 9.21 Å². The number of carbonyl (C=O) groups is 1. The van der Waals surface area contributed by atoms with Gasteiger partial charge in [-0.15, -0.1) is 12.4 Å². The molecular formula is C23H35ClF2N2O3S. The van der Waals surface area contributed by atoms with Crippen molar-refractivity contribution in [2.75, 3.05) is 31.9 Å². The molecule has 182 valence electrons. The average molecular weight is 493 g/mol. The summed E-state index contributed by atoms with van der Waals surface area (Å²) in [5.41, 5.74) is -0.657. The Bertz CT molecular complexity index is 846. The van der Waals surface area contributed by atoms with Gasteiger partial charge in [-0.2, -0.15) is 4.31 Å². The van der Waals surface area contributed by atoms with Crippen molar-refractivity contribution in [1.29, 1.82) is 0 Å². The molecule has 1 heterocycles. The topological polar surface area (TPSA) is 57.7 Å². The molecule has 0 atom stereocenters. The molecule has 0 radical (unpaired) electrons. The number of nitrogens with zero attached hydrogens (tertiary/aromatic N) is 2. The molecule has 1 saturated carbocycles. The van der Waals surface area contributed by atoms with Gasteiger partial charge in [0.15, 0.2) is 5.78 Å². The first-order valence-electron chi connectivity index (χ1n) is 11.5. The van der Waals surface area contributed by atoms with E-state index in [0.29, 0.717) is 39.0 Å². The third kappa shape index (κ3) is 6.27. The summed E-state index contributed by atoms with van der Waals surface area (Å²) in [5.74, 6) is -1.95. The fourth-order valence-electron chi connectivity index (χ4n) is 5.17. The molecular weight excluding hydrogens is 458 g/mol. The minimum atomic E-state index is -3.22. The van der Waals surface area contributed by atoms with Crippen LogP contribution in [0.2, 0.25) is 0 Å². The largest absolute Gasteiger partial charge is 0.295 e. The summed E-state index contributed by atoms with van der Waals surface area (Å²) in [7, 11) is -3.22. The number of halogens is 3. The van der Waals surface area contributed by atoms with Crippen molar-refractivity contribution in [3.05, 3.63) is 35.4 Å². The van der Waals surface area contributed by atoms with Gasteiger partial charge in [0.2, 0.25) is 10.0 Å². The molecule has 0 bridgehead atoms. The zero-order valence-electron chi connectivity index (χ0n) is 18.8. The molecule has 1 aromatic rings. The highest BCUT2D eigenvalue weighted by atomic mass is 35.5. The second kappa shape index (κ2) is 11.9. The molecule has 1 aliphatic heterocycles. The second-order valence-corrected chi connectivity index (χ2v) is 10.9. The molecule has 1 aliphatic carbocycles. The third-order valence-electron chi connectivity index (χ3n) is 6.86. The predicted molar refractivity (Wildman–Crippen MR) is 125 cm³/mol. The van der Waals surface area contributed by atoms with Crippen LogP contribution in [0.15, 0.2) is 18.2 Å². The summed E-state index contributed by atoms with van der Waals surface area (Å²) >= 11 is 0. The summed E-state index contributed by atoms with van der Waals surface area (Å²) < 4.78 is 54.6. The van der Waals surface area contributed by atoms with Crippen LogP contribution >= 0.6 is 12.4 Å². The minimum Gasteiger partial charge on any atom is -0.295 e. The number of hydrogen-bond acceptors (Lipinski definition) is 4. The zero-order chi connectivity index (χ0) is 22.5. The maximum absolute atomic E-state index is 14.1. The Kier molecular flexibility index (Phi) is 10.1. The molecule has 0 N–H and O–H groups in total. The monoisotopic (exact) mass is 492 g/mol. The number of piperazine rings is 1. The van der Waals surface area contributed by atoms with Gasteiger partial charge in [-0.25, -0.2) is 17.2 Å². The van der Waals surface area contributed by atoms with Crippen LogP contribution in [0.1, 0.15) is 75.1 Å². The van der Waals surface area contributed by atoms with Crippen LogP contribution in [0, 0.1) is 11.6 Å². The molecule has 1 aromatic carbocycles. The predicted octanol–water partition coefficient (Wildman–Crippen LogP) is 4.80. The highest BCUT2D eigenvalue weighted by Crippen LogP contribution is 2.38. The van der Waals surface area contributed by atoms with E-state index in [2.05, 4.69) is 4.90 Å². The summed E-state index contributed by atoms with van der Waals surface area (Å²) in [4.78, 5) is 15.1. The van der Waals surface area contributed by atoms with Gasteiger partial charge in [-0.05, 0) is 37.8 Å². The third-order valence-corrected chi connectivity index (χ3v) is 8.93. The maximum atomic E-state index is 14.1. The van der Waals surface area contributed by atoms with Crippen molar-refractivity contribution in [2.45, 2.75) is 70.3 Å². The molecule has 3 rings (SSSR count). The lowest BCUT2D eigenvalue weighted by Crippen LogP contribution is -2.58. The van der Waals surface area contributed by atoms with Crippen LogP contribution in [-0.2, 0) is 10.0 Å². The van der Waals surface area contributed by atoms with Gasteiger partial charge < -0.3 is 0 Å². The number of benzene rings is 1. The number of sulfonamides is 1. The normalized spacial score (nSPS) is 20.3. The molecule has 0 unspecified atom stereocenters. The van der Waals surface area contributed by atoms with E-state index < -0.39 is 33.0 Å². The Morgan fingerprint density at radius 1 is 1.00 bits per heavy atom. The standard InChI is InChI=1S/C23H34F2N2O3S.ClH/c1-2-18-31(29,30)27-16-14-26(15-17-27)23(11-5-3-4-6-12-23)13-10-21(28)22-19(24)8-7-9-20(22)25;/h7-9H,2-6,10-18H2,1H3;1H. The summed E-state index contributed by atoms with van der Waals surface area (Å²) in [6.45, 7) is 4.04. The minimum absolute atomic E-state index is 0. The van der Waals surface area contributed by atoms with Crippen molar-refractivity contribution in [2.24, 2.45) is 0 Å². The van der Waals surface area contributed by atoms with Crippen LogP contribution in [0.25, 0.3) is 0 Å². The number of Topliss-reactive ketones (excluding diaryl/α,β-unsaturated/α-hetero) is 1. The van der Waals surface area contributed by atoms with E-state index in [9.17, 15) is 22.0 Å². The SMILES string of the molecule is CCCS(=O)(=O)N1CCN(C2(CCC(=O)c3c(F)cccc3F)CCCCCC2)CC1.Cl. The van der Waals surface area contributed by atoms with Gasteiger partial charge in [-0.3, -0.25) is 9.69 Å². The number of hydrogen-bond donors (Lipinski definition) is 0. The fraction of sp³-hybridized carbons (Fsp3) is 0.696. The van der Waals surface area contributed by atoms with E-state index in [0.717, 1.165) is 50.7 Å². The van der Waals surface area contributed by atoms with Crippen molar-refractivity contribution in [3.63, 3.8) is 0 Å². The maximum Gasteiger partial charge on any atom is 0.214 e. The van der Waals surface area contributed by atoms with Gasteiger partial charge in [0.05, 0.1) is 11.3 Å². The van der Waals surface area contributed by atoms with Crippen molar-refractivity contribution < 1.29 is 22.0 Å². The molecule has 9 heteroatoms. The van der Waals surface area contributed by atoms with Gasteiger partial charge in [0.1, 0.15) is 11.6 Å². The highest BCUT2D eigenvalue weighted by Gasteiger charge is 2.40. The second-order valence-electron chi connectivity index (χ2n) is 8.86. The Balaban J connectivity index is 0.00000363. The molecule has 32 heavy (non-hydrogen) atoms. The van der Waals surface area contributed by atoms with Gasteiger partial charge in [-0.1, -0.05) is 38.7 Å². The Morgan fingerprint density at radius 2 is 1.56 bits per heavy atom. The van der Waals surface area contributed by atoms with Crippen LogP contribution in [0.4, 0.5) is 8.78 Å². The van der Waals surface area contributed by atoms with Gasteiger partial charge in [0, 0.05) is 38.1 Å². The Morgan fingerprint density at radius 3 is 2.09 bits per heavy atom. The van der Waals surface area contributed by atoms with Crippen LogP contribution in [0.3, 0.4) is 0 Å². The first-order valence-corrected chi connectivity index (χ1v) is 13.1. The Hall–Kier alpha value is -1.09. The molecule has 0 amide bonds. The van der Waals surface area contributed by atoms with E-state index in [1.807, 2.05) is 6.92 Å². The van der Waals surface area contributed by atoms with E-state index in [1.54, 1.807) is 4.31 Å². The summed E-state index contributed by atoms with van der Waals surface area (Å²) in [6.07, 6.45) is 7.48. The lowest BCUT2D eigenvalue weighted by atomic mass is 9.82. The fourth-order valence-corrected chi connectivity index (χ4v) is 6.67. The summed E-state index contributed by atoms with van der Waals surface area (Å²) in [6, 6.07) is 3.50. The first-order chi connectivity index (χ1) is 14.8. The van der Waals surface area contributed by atoms with Crippen LogP contribution < -0.4 is 0 Å². The molecule has 1 saturated heterocycles. The van der Waals surface area contributed by atoms with E-state index >= 15 is 0 Å². The van der Waals surface area contributed by atoms with Gasteiger partial charge in [0.25, 0.3) is 0 Å². The quantitative estimate of drug-likeness (QED) is 0.386. The Labute approximate surface area is 197 Å².